The van der Waals surface area contributed by atoms with Gasteiger partial charge in [0.25, 0.3) is 0 Å². The van der Waals surface area contributed by atoms with Gasteiger partial charge in [0.15, 0.2) is 5.76 Å². The van der Waals surface area contributed by atoms with E-state index < -0.39 is 0 Å². The van der Waals surface area contributed by atoms with E-state index in [1.807, 2.05) is 24.3 Å². The predicted molar refractivity (Wildman–Crippen MR) is 86.3 cm³/mol. The van der Waals surface area contributed by atoms with Crippen molar-refractivity contribution in [3.8, 4) is 23.8 Å². The van der Waals surface area contributed by atoms with Gasteiger partial charge in [-0.3, -0.25) is 0 Å². The Labute approximate surface area is 129 Å². The highest BCUT2D eigenvalue weighted by atomic mass is 16.3. The summed E-state index contributed by atoms with van der Waals surface area (Å²) in [5.41, 5.74) is 2.51. The van der Waals surface area contributed by atoms with E-state index in [0.717, 1.165) is 13.0 Å². The minimum absolute atomic E-state index is 0.616. The second kappa shape index (κ2) is 6.59. The number of furan rings is 1. The lowest BCUT2D eigenvalue weighted by atomic mass is 10.1. The first-order chi connectivity index (χ1) is 10.9. The van der Waals surface area contributed by atoms with Crippen molar-refractivity contribution in [1.29, 1.82) is 0 Å². The summed E-state index contributed by atoms with van der Waals surface area (Å²) in [7, 11) is 0. The van der Waals surface area contributed by atoms with Gasteiger partial charge in [0.2, 0.25) is 0 Å². The highest BCUT2D eigenvalue weighted by Crippen LogP contribution is 2.25. The summed E-state index contributed by atoms with van der Waals surface area (Å²) in [6, 6.07) is 13.9. The Morgan fingerprint density at radius 1 is 1.09 bits per heavy atom. The summed E-state index contributed by atoms with van der Waals surface area (Å²) in [6.07, 6.45) is 9.61. The molecule has 3 aromatic rings. The van der Waals surface area contributed by atoms with E-state index in [1.54, 1.807) is 12.3 Å². The van der Waals surface area contributed by atoms with Crippen LogP contribution in [0.25, 0.3) is 11.5 Å². The molecule has 2 aromatic heterocycles. The molecule has 0 saturated carbocycles. The number of anilines is 1. The lowest BCUT2D eigenvalue weighted by molar-refractivity contribution is 0.579. The van der Waals surface area contributed by atoms with Crippen LogP contribution in [0.1, 0.15) is 11.1 Å². The Kier molecular flexibility index (Phi) is 4.17. The van der Waals surface area contributed by atoms with Crippen LogP contribution in [-0.2, 0) is 6.42 Å². The molecule has 0 atom stereocenters. The molecule has 0 amide bonds. The number of hydrogen-bond donors (Lipinski definition) is 1. The van der Waals surface area contributed by atoms with Crippen LogP contribution in [0.2, 0.25) is 0 Å². The fourth-order valence-electron chi connectivity index (χ4n) is 2.23. The van der Waals surface area contributed by atoms with E-state index in [0.29, 0.717) is 22.8 Å². The summed E-state index contributed by atoms with van der Waals surface area (Å²) < 4.78 is 5.38. The van der Waals surface area contributed by atoms with Gasteiger partial charge < -0.3 is 9.73 Å². The molecule has 0 unspecified atom stereocenters. The molecule has 108 valence electrons. The van der Waals surface area contributed by atoms with Crippen molar-refractivity contribution in [2.45, 2.75) is 6.42 Å². The van der Waals surface area contributed by atoms with Crippen molar-refractivity contribution in [2.24, 2.45) is 0 Å². The third-order valence-electron chi connectivity index (χ3n) is 3.30. The molecule has 0 saturated heterocycles. The molecule has 0 aliphatic carbocycles. The van der Waals surface area contributed by atoms with Crippen molar-refractivity contribution in [3.63, 3.8) is 0 Å². The monoisotopic (exact) mass is 289 g/mol. The number of nitrogens with zero attached hydrogens (tertiary/aromatic N) is 2. The maximum atomic E-state index is 5.63. The van der Waals surface area contributed by atoms with E-state index in [-0.39, 0.29) is 0 Å². The number of aromatic nitrogens is 2. The van der Waals surface area contributed by atoms with Gasteiger partial charge in [0, 0.05) is 6.54 Å². The average molecular weight is 289 g/mol. The molecule has 4 nitrogen and oxygen atoms in total. The SMILES string of the molecule is C#Cc1c(NCCc2ccccc2)ncnc1-c1ccco1. The number of rotatable bonds is 5. The third-order valence-corrected chi connectivity index (χ3v) is 3.30. The first-order valence-corrected chi connectivity index (χ1v) is 7.02. The third kappa shape index (κ3) is 2.99. The van der Waals surface area contributed by atoms with Crippen molar-refractivity contribution in [1.82, 2.24) is 9.97 Å². The molecular weight excluding hydrogens is 274 g/mol. The van der Waals surface area contributed by atoms with Gasteiger partial charge in [-0.1, -0.05) is 36.3 Å². The smallest absolute Gasteiger partial charge is 0.153 e. The Balaban J connectivity index is 1.77. The normalized spacial score (nSPS) is 10.1. The quantitative estimate of drug-likeness (QED) is 0.732. The minimum atomic E-state index is 0.616. The summed E-state index contributed by atoms with van der Waals surface area (Å²) in [6.45, 7) is 0.743. The molecule has 3 rings (SSSR count). The molecule has 22 heavy (non-hydrogen) atoms. The van der Waals surface area contributed by atoms with Gasteiger partial charge in [-0.05, 0) is 24.1 Å². The second-order valence-electron chi connectivity index (χ2n) is 4.73. The maximum absolute atomic E-state index is 5.63. The van der Waals surface area contributed by atoms with Crippen molar-refractivity contribution < 1.29 is 4.42 Å². The molecule has 0 aliphatic heterocycles. The minimum Gasteiger partial charge on any atom is -0.463 e. The summed E-state index contributed by atoms with van der Waals surface area (Å²) in [4.78, 5) is 8.48. The number of benzene rings is 1. The molecule has 0 fully saturated rings. The van der Waals surface area contributed by atoms with Crippen molar-refractivity contribution in [2.75, 3.05) is 11.9 Å². The van der Waals surface area contributed by atoms with Crippen LogP contribution in [0, 0.1) is 12.3 Å². The van der Waals surface area contributed by atoms with Gasteiger partial charge >= 0.3 is 0 Å². The Hall–Kier alpha value is -3.06. The van der Waals surface area contributed by atoms with Crippen LogP contribution in [-0.4, -0.2) is 16.5 Å². The molecule has 4 heteroatoms. The Bertz CT molecular complexity index is 774. The molecular formula is C18H15N3O. The van der Waals surface area contributed by atoms with E-state index in [1.165, 1.54) is 11.9 Å². The average Bonchev–Trinajstić information content (AvgIpc) is 3.10. The van der Waals surface area contributed by atoms with Crippen LogP contribution in [0.15, 0.2) is 59.5 Å². The van der Waals surface area contributed by atoms with Gasteiger partial charge in [0.05, 0.1) is 11.8 Å². The van der Waals surface area contributed by atoms with Crippen LogP contribution in [0.3, 0.4) is 0 Å². The maximum Gasteiger partial charge on any atom is 0.153 e. The highest BCUT2D eigenvalue weighted by Gasteiger charge is 2.13. The number of terminal acetylenes is 1. The van der Waals surface area contributed by atoms with Gasteiger partial charge in [0.1, 0.15) is 17.8 Å². The number of nitrogens with one attached hydrogen (secondary N) is 1. The summed E-state index contributed by atoms with van der Waals surface area (Å²) in [5, 5.41) is 3.28. The second-order valence-corrected chi connectivity index (χ2v) is 4.73. The molecule has 0 radical (unpaired) electrons. The lowest BCUT2D eigenvalue weighted by Gasteiger charge is -2.09. The van der Waals surface area contributed by atoms with Gasteiger partial charge in [-0.2, -0.15) is 0 Å². The van der Waals surface area contributed by atoms with Crippen molar-refractivity contribution in [3.05, 3.63) is 66.2 Å². The first kappa shape index (κ1) is 13.9. The van der Waals surface area contributed by atoms with Gasteiger partial charge in [-0.15, -0.1) is 6.42 Å². The van der Waals surface area contributed by atoms with Crippen LogP contribution in [0.5, 0.6) is 0 Å². The zero-order chi connectivity index (χ0) is 15.2. The first-order valence-electron chi connectivity index (χ1n) is 7.02. The zero-order valence-corrected chi connectivity index (χ0v) is 12.0. The van der Waals surface area contributed by atoms with Crippen LogP contribution in [0.4, 0.5) is 5.82 Å². The Morgan fingerprint density at radius 3 is 2.68 bits per heavy atom. The highest BCUT2D eigenvalue weighted by molar-refractivity contribution is 5.69. The predicted octanol–water partition coefficient (Wildman–Crippen LogP) is 3.37. The largest absolute Gasteiger partial charge is 0.463 e. The Morgan fingerprint density at radius 2 is 1.95 bits per heavy atom. The van der Waals surface area contributed by atoms with E-state index in [4.69, 9.17) is 10.8 Å². The van der Waals surface area contributed by atoms with E-state index in [2.05, 4.69) is 33.3 Å². The standard InChI is InChI=1S/C18H15N3O/c1-2-15-17(16-9-6-12-22-16)20-13-21-18(15)19-11-10-14-7-4-3-5-8-14/h1,3-9,12-13H,10-11H2,(H,19,20,21). The molecule has 0 aliphatic rings. The van der Waals surface area contributed by atoms with Crippen LogP contribution < -0.4 is 5.32 Å². The fraction of sp³-hybridized carbons (Fsp3) is 0.111. The number of hydrogen-bond acceptors (Lipinski definition) is 4. The topological polar surface area (TPSA) is 51.0 Å². The molecule has 0 bridgehead atoms. The van der Waals surface area contributed by atoms with Crippen molar-refractivity contribution >= 4 is 5.82 Å². The molecule has 1 aromatic carbocycles. The van der Waals surface area contributed by atoms with Crippen LogP contribution >= 0.6 is 0 Å². The zero-order valence-electron chi connectivity index (χ0n) is 12.0. The lowest BCUT2D eigenvalue weighted by Crippen LogP contribution is -2.09. The molecule has 2 heterocycles. The summed E-state index contributed by atoms with van der Waals surface area (Å²) >= 11 is 0. The van der Waals surface area contributed by atoms with E-state index in [9.17, 15) is 0 Å². The fourth-order valence-corrected chi connectivity index (χ4v) is 2.23. The molecule has 1 N–H and O–H groups in total. The van der Waals surface area contributed by atoms with E-state index >= 15 is 0 Å². The summed E-state index contributed by atoms with van der Waals surface area (Å²) in [5.74, 6) is 3.95. The van der Waals surface area contributed by atoms with Gasteiger partial charge in [-0.25, -0.2) is 9.97 Å². The molecule has 0 spiro atoms.